The molecule has 1 saturated heterocycles. The maximum Gasteiger partial charge on any atom is 0.226 e. The van der Waals surface area contributed by atoms with Crippen molar-refractivity contribution in [2.45, 2.75) is 44.6 Å². The lowest BCUT2D eigenvalue weighted by Gasteiger charge is -2.48. The standard InChI is InChI=1S/C20H25NO3/c1-24-17-4-2-3-15(12-17)19-18-8-7-16(22)11-14(18)9-10-21(19)20(23)13-5-6-13/h2-4,12-14,18-19H,5-11H2,1H3. The number of amides is 1. The predicted molar refractivity (Wildman–Crippen MR) is 90.6 cm³/mol. The number of fused-ring (bicyclic) bond motifs is 1. The second-order valence-corrected chi connectivity index (χ2v) is 7.52. The molecule has 0 radical (unpaired) electrons. The van der Waals surface area contributed by atoms with Gasteiger partial charge in [0.1, 0.15) is 11.5 Å². The van der Waals surface area contributed by atoms with E-state index in [-0.39, 0.29) is 12.0 Å². The summed E-state index contributed by atoms with van der Waals surface area (Å²) in [5.41, 5.74) is 1.16. The van der Waals surface area contributed by atoms with Crippen molar-refractivity contribution >= 4 is 11.7 Å². The van der Waals surface area contributed by atoms with Crippen LogP contribution < -0.4 is 4.74 Å². The molecule has 3 aliphatic rings. The molecule has 4 heteroatoms. The van der Waals surface area contributed by atoms with Crippen molar-refractivity contribution in [2.24, 2.45) is 17.8 Å². The van der Waals surface area contributed by atoms with Crippen molar-refractivity contribution in [3.05, 3.63) is 29.8 Å². The van der Waals surface area contributed by atoms with E-state index < -0.39 is 0 Å². The van der Waals surface area contributed by atoms with Gasteiger partial charge in [0.05, 0.1) is 13.2 Å². The predicted octanol–water partition coefficient (Wildman–Crippen LogP) is 3.36. The van der Waals surface area contributed by atoms with Gasteiger partial charge < -0.3 is 9.64 Å². The third-order valence-electron chi connectivity index (χ3n) is 5.98. The molecule has 3 atom stereocenters. The van der Waals surface area contributed by atoms with Crippen molar-refractivity contribution in [3.63, 3.8) is 0 Å². The normalized spacial score (nSPS) is 30.0. The van der Waals surface area contributed by atoms with Gasteiger partial charge in [-0.3, -0.25) is 9.59 Å². The summed E-state index contributed by atoms with van der Waals surface area (Å²) in [6.07, 6.45) is 5.29. The van der Waals surface area contributed by atoms with Gasteiger partial charge in [0.15, 0.2) is 0 Å². The summed E-state index contributed by atoms with van der Waals surface area (Å²) in [5.74, 6) is 2.60. The zero-order chi connectivity index (χ0) is 16.7. The monoisotopic (exact) mass is 327 g/mol. The van der Waals surface area contributed by atoms with Crippen LogP contribution in [-0.4, -0.2) is 30.2 Å². The fourth-order valence-corrected chi connectivity index (χ4v) is 4.58. The lowest BCUT2D eigenvalue weighted by Crippen LogP contribution is -2.48. The molecule has 1 amide bonds. The summed E-state index contributed by atoms with van der Waals surface area (Å²) in [6.45, 7) is 0.783. The molecule has 4 rings (SSSR count). The average molecular weight is 327 g/mol. The van der Waals surface area contributed by atoms with Crippen LogP contribution in [0.3, 0.4) is 0 Å². The highest BCUT2D eigenvalue weighted by Gasteiger charge is 2.46. The highest BCUT2D eigenvalue weighted by molar-refractivity contribution is 5.82. The number of carbonyl (C=O) groups is 2. The van der Waals surface area contributed by atoms with Gasteiger partial charge in [0.2, 0.25) is 5.91 Å². The maximum absolute atomic E-state index is 12.9. The van der Waals surface area contributed by atoms with Gasteiger partial charge >= 0.3 is 0 Å². The molecule has 0 aromatic heterocycles. The van der Waals surface area contributed by atoms with Gasteiger partial charge in [-0.05, 0) is 55.2 Å². The number of hydrogen-bond donors (Lipinski definition) is 0. The van der Waals surface area contributed by atoms with Crippen LogP contribution in [0.1, 0.15) is 50.1 Å². The number of carbonyl (C=O) groups excluding carboxylic acids is 2. The molecular formula is C20H25NO3. The zero-order valence-electron chi connectivity index (χ0n) is 14.2. The number of benzene rings is 1. The van der Waals surface area contributed by atoms with Crippen LogP contribution in [0, 0.1) is 17.8 Å². The van der Waals surface area contributed by atoms with Crippen LogP contribution in [0.2, 0.25) is 0 Å². The highest BCUT2D eigenvalue weighted by atomic mass is 16.5. The molecule has 0 spiro atoms. The molecule has 3 unspecified atom stereocenters. The van der Waals surface area contributed by atoms with Gasteiger partial charge in [-0.15, -0.1) is 0 Å². The molecule has 2 aliphatic carbocycles. The first-order valence-corrected chi connectivity index (χ1v) is 9.13. The summed E-state index contributed by atoms with van der Waals surface area (Å²) < 4.78 is 5.40. The Kier molecular flexibility index (Phi) is 4.07. The molecule has 2 saturated carbocycles. The van der Waals surface area contributed by atoms with E-state index in [4.69, 9.17) is 4.74 Å². The summed E-state index contributed by atoms with van der Waals surface area (Å²) in [5, 5.41) is 0. The molecular weight excluding hydrogens is 302 g/mol. The molecule has 0 bridgehead atoms. The van der Waals surface area contributed by atoms with Crippen molar-refractivity contribution < 1.29 is 14.3 Å². The second kappa shape index (κ2) is 6.23. The van der Waals surface area contributed by atoms with E-state index in [2.05, 4.69) is 17.0 Å². The third-order valence-corrected chi connectivity index (χ3v) is 5.98. The number of ether oxygens (including phenoxy) is 1. The minimum atomic E-state index is 0.0973. The Labute approximate surface area is 143 Å². The Morgan fingerprint density at radius 2 is 2.04 bits per heavy atom. The first kappa shape index (κ1) is 15.7. The number of Topliss-reactive ketones (excluding diaryl/α,β-unsaturated/α-hetero) is 1. The van der Waals surface area contributed by atoms with Crippen molar-refractivity contribution in [3.8, 4) is 5.75 Å². The molecule has 24 heavy (non-hydrogen) atoms. The van der Waals surface area contributed by atoms with Gasteiger partial charge in [-0.2, -0.15) is 0 Å². The number of hydrogen-bond acceptors (Lipinski definition) is 3. The van der Waals surface area contributed by atoms with E-state index in [1.807, 2.05) is 12.1 Å². The number of ketones is 1. The first-order valence-electron chi connectivity index (χ1n) is 9.13. The minimum absolute atomic E-state index is 0.0973. The molecule has 1 heterocycles. The van der Waals surface area contributed by atoms with Crippen LogP contribution in [0.5, 0.6) is 5.75 Å². The van der Waals surface area contributed by atoms with E-state index in [0.29, 0.717) is 36.4 Å². The highest BCUT2D eigenvalue weighted by Crippen LogP contribution is 2.48. The average Bonchev–Trinajstić information content (AvgIpc) is 3.45. The number of methoxy groups -OCH3 is 1. The lowest BCUT2D eigenvalue weighted by atomic mass is 9.68. The molecule has 128 valence electrons. The van der Waals surface area contributed by atoms with E-state index in [1.54, 1.807) is 7.11 Å². The van der Waals surface area contributed by atoms with E-state index >= 15 is 0 Å². The van der Waals surface area contributed by atoms with E-state index in [0.717, 1.165) is 43.5 Å². The summed E-state index contributed by atoms with van der Waals surface area (Å²) in [6, 6.07) is 8.22. The minimum Gasteiger partial charge on any atom is -0.497 e. The van der Waals surface area contributed by atoms with Crippen LogP contribution in [0.25, 0.3) is 0 Å². The molecule has 1 aromatic rings. The number of nitrogens with zero attached hydrogens (tertiary/aromatic N) is 1. The fourth-order valence-electron chi connectivity index (χ4n) is 4.58. The number of likely N-dealkylation sites (tertiary alicyclic amines) is 1. The van der Waals surface area contributed by atoms with E-state index in [9.17, 15) is 9.59 Å². The Bertz CT molecular complexity index is 652. The van der Waals surface area contributed by atoms with Crippen LogP contribution in [-0.2, 0) is 9.59 Å². The van der Waals surface area contributed by atoms with Gasteiger partial charge in [0, 0.05) is 25.3 Å². The zero-order valence-corrected chi connectivity index (χ0v) is 14.2. The topological polar surface area (TPSA) is 46.6 Å². The molecule has 4 nitrogen and oxygen atoms in total. The molecule has 1 aromatic carbocycles. The summed E-state index contributed by atoms with van der Waals surface area (Å²) in [4.78, 5) is 26.9. The molecule has 0 N–H and O–H groups in total. The van der Waals surface area contributed by atoms with Gasteiger partial charge in [0.25, 0.3) is 0 Å². The Morgan fingerprint density at radius 1 is 1.21 bits per heavy atom. The maximum atomic E-state index is 12.9. The Morgan fingerprint density at radius 3 is 2.79 bits per heavy atom. The smallest absolute Gasteiger partial charge is 0.226 e. The quantitative estimate of drug-likeness (QED) is 0.855. The van der Waals surface area contributed by atoms with Crippen molar-refractivity contribution in [1.29, 1.82) is 0 Å². The molecule has 1 aliphatic heterocycles. The van der Waals surface area contributed by atoms with Crippen LogP contribution in [0.15, 0.2) is 24.3 Å². The van der Waals surface area contributed by atoms with Crippen molar-refractivity contribution in [1.82, 2.24) is 4.90 Å². The lowest BCUT2D eigenvalue weighted by molar-refractivity contribution is -0.141. The number of piperidine rings is 1. The number of rotatable bonds is 3. The summed E-state index contributed by atoms with van der Waals surface area (Å²) >= 11 is 0. The van der Waals surface area contributed by atoms with Crippen LogP contribution >= 0.6 is 0 Å². The van der Waals surface area contributed by atoms with Gasteiger partial charge in [-0.1, -0.05) is 12.1 Å². The SMILES string of the molecule is COc1cccc(C2C3CCC(=O)CC3CCN2C(=O)C2CC2)c1. The van der Waals surface area contributed by atoms with E-state index in [1.165, 1.54) is 0 Å². The fraction of sp³-hybridized carbons (Fsp3) is 0.600. The second-order valence-electron chi connectivity index (χ2n) is 7.52. The van der Waals surface area contributed by atoms with Crippen molar-refractivity contribution in [2.75, 3.05) is 13.7 Å². The first-order chi connectivity index (χ1) is 11.7. The third kappa shape index (κ3) is 2.83. The molecule has 3 fully saturated rings. The Hall–Kier alpha value is -1.84. The van der Waals surface area contributed by atoms with Crippen LogP contribution in [0.4, 0.5) is 0 Å². The van der Waals surface area contributed by atoms with Gasteiger partial charge in [-0.25, -0.2) is 0 Å². The largest absolute Gasteiger partial charge is 0.497 e. The Balaban J connectivity index is 1.69. The summed E-state index contributed by atoms with van der Waals surface area (Å²) in [7, 11) is 1.68.